The number of thioether (sulfide) groups is 1. The third-order valence-corrected chi connectivity index (χ3v) is 11.9. The predicted molar refractivity (Wildman–Crippen MR) is 166 cm³/mol. The van der Waals surface area contributed by atoms with Crippen molar-refractivity contribution in [3.63, 3.8) is 0 Å². The predicted octanol–water partition coefficient (Wildman–Crippen LogP) is 6.39. The molecule has 9 atom stereocenters. The molecule has 2 unspecified atom stereocenters. The first-order valence-corrected chi connectivity index (χ1v) is 17.3. The Hall–Kier alpha value is -2.62. The average molecular weight is 617 g/mol. The van der Waals surface area contributed by atoms with Gasteiger partial charge < -0.3 is 28.8 Å². The third-order valence-electron chi connectivity index (χ3n) is 11.5. The van der Waals surface area contributed by atoms with Crippen LogP contribution < -0.4 is 0 Å². The number of epoxide rings is 2. The van der Waals surface area contributed by atoms with Crippen molar-refractivity contribution in [2.75, 3.05) is 12.2 Å². The molecular weight excluding hydrogens is 576 g/mol. The fraction of sp³-hybridized carbons (Fsp3) is 0.528. The van der Waals surface area contributed by atoms with Gasteiger partial charge in [-0.15, -0.1) is 11.8 Å². The molecule has 44 heavy (non-hydrogen) atoms. The fourth-order valence-electron chi connectivity index (χ4n) is 9.37. The molecule has 0 amide bonds. The zero-order valence-corrected chi connectivity index (χ0v) is 26.5. The van der Waals surface area contributed by atoms with E-state index >= 15 is 0 Å². The van der Waals surface area contributed by atoms with Gasteiger partial charge in [0.2, 0.25) is 6.29 Å². The Morgan fingerprint density at radius 3 is 2.48 bits per heavy atom. The minimum Gasteiger partial charge on any atom is -0.456 e. The molecule has 2 saturated carbocycles. The number of ether oxygens (including phenoxy) is 5. The number of carbonyl (C=O) groups is 1. The van der Waals surface area contributed by atoms with Crippen LogP contribution in [0.1, 0.15) is 63.9 Å². The van der Waals surface area contributed by atoms with E-state index < -0.39 is 6.29 Å². The monoisotopic (exact) mass is 616 g/mol. The smallest absolute Gasteiger partial charge is 0.339 e. The van der Waals surface area contributed by atoms with Gasteiger partial charge in [-0.2, -0.15) is 0 Å². The van der Waals surface area contributed by atoms with Crippen molar-refractivity contribution < 1.29 is 33.6 Å². The summed E-state index contributed by atoms with van der Waals surface area (Å²) in [6.45, 7) is 6.86. The molecule has 1 spiro atoms. The third kappa shape index (κ3) is 3.94. The van der Waals surface area contributed by atoms with Crippen LogP contribution in [0.3, 0.4) is 0 Å². The van der Waals surface area contributed by atoms with E-state index in [9.17, 15) is 9.90 Å². The highest BCUT2D eigenvalue weighted by atomic mass is 32.2. The lowest BCUT2D eigenvalue weighted by molar-refractivity contribution is -0.133. The van der Waals surface area contributed by atoms with E-state index in [-0.39, 0.29) is 52.7 Å². The quantitative estimate of drug-likeness (QED) is 0.158. The summed E-state index contributed by atoms with van der Waals surface area (Å²) in [6.07, 6.45) is 4.06. The number of cyclic esters (lactones) is 1. The minimum atomic E-state index is -1.23. The molecule has 2 aromatic carbocycles. The summed E-state index contributed by atoms with van der Waals surface area (Å²) < 4.78 is 32.5. The second-order valence-electron chi connectivity index (χ2n) is 13.8. The Labute approximate surface area is 262 Å². The fourth-order valence-corrected chi connectivity index (χ4v) is 9.64. The Morgan fingerprint density at radius 1 is 1.05 bits per heavy atom. The Bertz CT molecular complexity index is 1540. The summed E-state index contributed by atoms with van der Waals surface area (Å²) in [5.41, 5.74) is 2.17. The van der Waals surface area contributed by atoms with E-state index in [1.165, 1.54) is 0 Å². The molecule has 3 heterocycles. The maximum Gasteiger partial charge on any atom is 0.339 e. The molecule has 3 aliphatic heterocycles. The highest BCUT2D eigenvalue weighted by Gasteiger charge is 2.85. The first-order chi connectivity index (χ1) is 21.3. The van der Waals surface area contributed by atoms with Crippen molar-refractivity contribution in [2.45, 2.75) is 82.3 Å². The number of allylic oxidation sites excluding steroid dienone is 1. The van der Waals surface area contributed by atoms with Gasteiger partial charge in [-0.05, 0) is 49.2 Å². The Balaban J connectivity index is 1.21. The van der Waals surface area contributed by atoms with Crippen molar-refractivity contribution in [3.8, 4) is 0 Å². The first-order valence-electron chi connectivity index (χ1n) is 15.9. The molecule has 3 aliphatic carbocycles. The van der Waals surface area contributed by atoms with E-state index in [2.05, 4.69) is 27.0 Å². The summed E-state index contributed by atoms with van der Waals surface area (Å²) >= 11 is 1.69. The second-order valence-corrected chi connectivity index (χ2v) is 14.6. The summed E-state index contributed by atoms with van der Waals surface area (Å²) in [7, 11) is 0. The molecule has 4 fully saturated rings. The van der Waals surface area contributed by atoms with Crippen molar-refractivity contribution in [2.24, 2.45) is 23.2 Å². The number of aliphatic hydroxyl groups is 1. The lowest BCUT2D eigenvalue weighted by atomic mass is 9.47. The standard InChI is InChI=1S/C36H40O7S/c1-20(2)35-27(42-35)18-25-34(3)16-15-23-28(24(34)17-26-36(25,43-26)33(35)39-19-44-4)30(41-32(23)38)29(21-11-7-5-8-12-21)40-31(37)22-13-9-6-10-14-22/h5-14,20,24-27,31,33,37H,15-19H2,1-4H3/b30-29+/t24-,25?,26-,27-,31?,33+,34-,35-,36+/m0/s1. The molecule has 8 heteroatoms. The van der Waals surface area contributed by atoms with Crippen LogP contribution in [0.15, 0.2) is 77.6 Å². The molecule has 0 radical (unpaired) electrons. The van der Waals surface area contributed by atoms with Crippen LogP contribution in [0.2, 0.25) is 0 Å². The van der Waals surface area contributed by atoms with Gasteiger partial charge in [0.1, 0.15) is 17.3 Å². The number of fused-ring (bicyclic) bond motifs is 4. The lowest BCUT2D eigenvalue weighted by Crippen LogP contribution is -2.63. The minimum absolute atomic E-state index is 0.0120. The second kappa shape index (κ2) is 10.2. The topological polar surface area (TPSA) is 90.1 Å². The Morgan fingerprint density at radius 2 is 1.77 bits per heavy atom. The largest absolute Gasteiger partial charge is 0.456 e. The number of carbonyl (C=O) groups excluding carboxylic acids is 1. The molecule has 0 bridgehead atoms. The van der Waals surface area contributed by atoms with E-state index in [0.717, 1.165) is 36.0 Å². The highest BCUT2D eigenvalue weighted by Crippen LogP contribution is 2.75. The van der Waals surface area contributed by atoms with Gasteiger partial charge in [0.25, 0.3) is 0 Å². The number of benzene rings is 2. The highest BCUT2D eigenvalue weighted by molar-refractivity contribution is 7.98. The maximum atomic E-state index is 13.5. The van der Waals surface area contributed by atoms with Crippen LogP contribution in [0.25, 0.3) is 5.76 Å². The van der Waals surface area contributed by atoms with Crippen LogP contribution in [0, 0.1) is 23.2 Å². The molecule has 232 valence electrons. The van der Waals surface area contributed by atoms with Gasteiger partial charge in [0.15, 0.2) is 11.5 Å². The van der Waals surface area contributed by atoms with E-state index in [1.807, 2.05) is 60.7 Å². The number of aliphatic hydroxyl groups excluding tert-OH is 1. The Kier molecular flexibility index (Phi) is 6.68. The number of hydrogen-bond donors (Lipinski definition) is 1. The molecule has 2 saturated heterocycles. The number of esters is 1. The summed E-state index contributed by atoms with van der Waals surface area (Å²) in [5, 5.41) is 11.2. The number of rotatable bonds is 8. The van der Waals surface area contributed by atoms with Gasteiger partial charge in [0.05, 0.1) is 18.1 Å². The van der Waals surface area contributed by atoms with Crippen LogP contribution in [0.5, 0.6) is 0 Å². The number of hydrogen-bond acceptors (Lipinski definition) is 8. The van der Waals surface area contributed by atoms with Crippen molar-refractivity contribution in [1.82, 2.24) is 0 Å². The van der Waals surface area contributed by atoms with Crippen LogP contribution in [-0.4, -0.2) is 52.8 Å². The molecule has 8 rings (SSSR count). The lowest BCUT2D eigenvalue weighted by Gasteiger charge is -2.55. The van der Waals surface area contributed by atoms with Crippen molar-refractivity contribution in [3.05, 3.63) is 88.7 Å². The molecule has 1 N–H and O–H groups in total. The van der Waals surface area contributed by atoms with Gasteiger partial charge in [-0.3, -0.25) is 0 Å². The first kappa shape index (κ1) is 28.8. The summed E-state index contributed by atoms with van der Waals surface area (Å²) in [5.74, 6) is 1.67. The van der Waals surface area contributed by atoms with Gasteiger partial charge in [-0.25, -0.2) is 4.79 Å². The van der Waals surface area contributed by atoms with Crippen LogP contribution in [0.4, 0.5) is 0 Å². The van der Waals surface area contributed by atoms with Gasteiger partial charge in [0, 0.05) is 28.2 Å². The SMILES string of the molecule is CSCO[C@@H]1[C@@]2(C(C)C)O[C@H]2CC2[C@]13O[C@H]3C[C@H]1C3=C(CC[C@]21C)C(=O)O/C3=C(/OC(O)c1ccccc1)c1ccccc1. The van der Waals surface area contributed by atoms with Gasteiger partial charge >= 0.3 is 5.97 Å². The zero-order chi connectivity index (χ0) is 30.4. The van der Waals surface area contributed by atoms with E-state index in [0.29, 0.717) is 35.4 Å². The van der Waals surface area contributed by atoms with E-state index in [1.54, 1.807) is 11.8 Å². The molecule has 2 aromatic rings. The molecule has 0 aromatic heterocycles. The average Bonchev–Trinajstić information content (AvgIpc) is 3.92. The van der Waals surface area contributed by atoms with Crippen molar-refractivity contribution >= 4 is 23.5 Å². The zero-order valence-electron chi connectivity index (χ0n) is 25.7. The molecule has 7 nitrogen and oxygen atoms in total. The normalized spacial score (nSPS) is 39.8. The van der Waals surface area contributed by atoms with Crippen LogP contribution in [-0.2, 0) is 28.5 Å². The van der Waals surface area contributed by atoms with Crippen LogP contribution >= 0.6 is 11.8 Å². The summed E-state index contributed by atoms with van der Waals surface area (Å²) in [4.78, 5) is 13.5. The molecular formula is C36H40O7S. The van der Waals surface area contributed by atoms with Crippen molar-refractivity contribution in [1.29, 1.82) is 0 Å². The molecule has 6 aliphatic rings. The summed E-state index contributed by atoms with van der Waals surface area (Å²) in [6, 6.07) is 18.9. The van der Waals surface area contributed by atoms with Gasteiger partial charge in [-0.1, -0.05) is 81.4 Å². The maximum absolute atomic E-state index is 13.5. The van der Waals surface area contributed by atoms with E-state index in [4.69, 9.17) is 23.7 Å².